The van der Waals surface area contributed by atoms with E-state index in [9.17, 15) is 10.1 Å². The van der Waals surface area contributed by atoms with Crippen molar-refractivity contribution in [2.75, 3.05) is 38.1 Å². The Morgan fingerprint density at radius 3 is 2.50 bits per heavy atom. The van der Waals surface area contributed by atoms with Crippen LogP contribution in [0.3, 0.4) is 0 Å². The molecule has 28 heavy (non-hydrogen) atoms. The second-order valence-corrected chi connectivity index (χ2v) is 9.17. The summed E-state index contributed by atoms with van der Waals surface area (Å²) in [5, 5.41) is 9.85. The lowest BCUT2D eigenvalue weighted by Gasteiger charge is -2.44. The first-order chi connectivity index (χ1) is 13.4. The number of nitrogens with zero attached hydrogens (tertiary/aromatic N) is 5. The summed E-state index contributed by atoms with van der Waals surface area (Å²) >= 11 is 3.42. The molecular weight excluding hydrogens is 418 g/mol. The summed E-state index contributed by atoms with van der Waals surface area (Å²) in [4.78, 5) is 23.9. The van der Waals surface area contributed by atoms with Crippen LogP contribution in [0.15, 0.2) is 22.8 Å². The molecule has 3 rings (SSSR count). The van der Waals surface area contributed by atoms with Gasteiger partial charge in [-0.05, 0) is 66.6 Å². The largest absolute Gasteiger partial charge is 0.354 e. The molecule has 0 bridgehead atoms. The zero-order valence-corrected chi connectivity index (χ0v) is 18.7. The molecule has 2 fully saturated rings. The number of likely N-dealkylation sites (N-methyl/N-ethyl adjacent to an activating group) is 1. The molecule has 7 heteroatoms. The van der Waals surface area contributed by atoms with Gasteiger partial charge in [-0.3, -0.25) is 9.69 Å². The number of rotatable bonds is 4. The number of hydrogen-bond acceptors (Lipinski definition) is 5. The Morgan fingerprint density at radius 1 is 1.32 bits per heavy atom. The summed E-state index contributed by atoms with van der Waals surface area (Å²) in [7, 11) is 1.82. The molecule has 2 heterocycles. The third kappa shape index (κ3) is 4.33. The molecule has 1 aliphatic heterocycles. The summed E-state index contributed by atoms with van der Waals surface area (Å²) < 4.78 is 0.973. The van der Waals surface area contributed by atoms with Gasteiger partial charge in [0.25, 0.3) is 0 Å². The maximum atomic E-state index is 13.2. The highest BCUT2D eigenvalue weighted by atomic mass is 79.9. The Kier molecular flexibility index (Phi) is 6.61. The first kappa shape index (κ1) is 21.1. The van der Waals surface area contributed by atoms with Gasteiger partial charge in [0.05, 0.1) is 12.1 Å². The lowest BCUT2D eigenvalue weighted by molar-refractivity contribution is -0.140. The van der Waals surface area contributed by atoms with Crippen molar-refractivity contribution in [2.24, 2.45) is 5.92 Å². The normalized spacial score (nSPS) is 27.1. The van der Waals surface area contributed by atoms with Crippen molar-refractivity contribution in [1.82, 2.24) is 14.8 Å². The second kappa shape index (κ2) is 8.79. The van der Waals surface area contributed by atoms with E-state index >= 15 is 0 Å². The van der Waals surface area contributed by atoms with Gasteiger partial charge in [0.1, 0.15) is 11.4 Å². The summed E-state index contributed by atoms with van der Waals surface area (Å²) in [6.07, 6.45) is 5.40. The van der Waals surface area contributed by atoms with Gasteiger partial charge in [0.15, 0.2) is 0 Å². The van der Waals surface area contributed by atoms with Crippen molar-refractivity contribution in [2.45, 2.75) is 51.1 Å². The number of hydrogen-bond donors (Lipinski definition) is 0. The Morgan fingerprint density at radius 2 is 1.96 bits per heavy atom. The van der Waals surface area contributed by atoms with Crippen LogP contribution in [0.25, 0.3) is 0 Å². The van der Waals surface area contributed by atoms with Crippen molar-refractivity contribution in [3.05, 3.63) is 22.8 Å². The first-order valence-electron chi connectivity index (χ1n) is 10.2. The molecule has 0 aromatic carbocycles. The topological polar surface area (TPSA) is 63.5 Å². The molecule has 1 aliphatic carbocycles. The molecule has 0 spiro atoms. The van der Waals surface area contributed by atoms with Crippen LogP contribution < -0.4 is 4.90 Å². The summed E-state index contributed by atoms with van der Waals surface area (Å²) in [5.74, 6) is 1.67. The number of amides is 1. The SMILES string of the molecule is CC1CCC(C#N)(N(C)C(=O)C(C)N2CCN(c3ccc(Br)cn3)CC2)CC1. The lowest BCUT2D eigenvalue weighted by atomic mass is 9.77. The van der Waals surface area contributed by atoms with E-state index in [1.54, 1.807) is 4.90 Å². The molecule has 1 saturated carbocycles. The molecule has 1 saturated heterocycles. The summed E-state index contributed by atoms with van der Waals surface area (Å²) in [6, 6.07) is 6.28. The molecule has 1 unspecified atom stereocenters. The number of carbonyl (C=O) groups is 1. The van der Waals surface area contributed by atoms with Crippen LogP contribution in [0.1, 0.15) is 39.5 Å². The zero-order chi connectivity index (χ0) is 20.3. The van der Waals surface area contributed by atoms with E-state index in [1.807, 2.05) is 32.3 Å². The highest BCUT2D eigenvalue weighted by Gasteiger charge is 2.42. The van der Waals surface area contributed by atoms with Gasteiger partial charge < -0.3 is 9.80 Å². The second-order valence-electron chi connectivity index (χ2n) is 8.26. The standard InChI is InChI=1S/C21H30BrN5O/c1-16-6-8-21(15-23,9-7-16)25(3)20(28)17(2)26-10-12-27(13-11-26)19-5-4-18(22)14-24-19/h4-5,14,16-17H,6-13H2,1-3H3. The van der Waals surface area contributed by atoms with Crippen molar-refractivity contribution < 1.29 is 4.79 Å². The van der Waals surface area contributed by atoms with Crippen molar-refractivity contribution in [1.29, 1.82) is 5.26 Å². The molecular formula is C21H30BrN5O. The highest BCUT2D eigenvalue weighted by Crippen LogP contribution is 2.36. The number of aromatic nitrogens is 1. The van der Waals surface area contributed by atoms with Gasteiger partial charge in [-0.15, -0.1) is 0 Å². The van der Waals surface area contributed by atoms with Crippen LogP contribution in [0.5, 0.6) is 0 Å². The number of anilines is 1. The summed E-state index contributed by atoms with van der Waals surface area (Å²) in [6.45, 7) is 7.52. The minimum absolute atomic E-state index is 0.0614. The number of piperazine rings is 1. The van der Waals surface area contributed by atoms with Gasteiger partial charge in [0, 0.05) is 43.9 Å². The van der Waals surface area contributed by atoms with Gasteiger partial charge in [-0.25, -0.2) is 4.98 Å². The molecule has 0 N–H and O–H groups in total. The minimum Gasteiger partial charge on any atom is -0.354 e. The van der Waals surface area contributed by atoms with E-state index in [0.717, 1.165) is 62.2 Å². The van der Waals surface area contributed by atoms with Crippen LogP contribution in [0.2, 0.25) is 0 Å². The molecule has 1 atom stereocenters. The minimum atomic E-state index is -0.638. The Balaban J connectivity index is 1.59. The Hall–Kier alpha value is -1.65. The molecule has 152 valence electrons. The van der Waals surface area contributed by atoms with Gasteiger partial charge in [0.2, 0.25) is 5.91 Å². The van der Waals surface area contributed by atoms with Crippen LogP contribution in [0.4, 0.5) is 5.82 Å². The van der Waals surface area contributed by atoms with E-state index in [1.165, 1.54) is 0 Å². The molecule has 1 aromatic rings. The van der Waals surface area contributed by atoms with E-state index in [4.69, 9.17) is 0 Å². The highest BCUT2D eigenvalue weighted by molar-refractivity contribution is 9.10. The number of carbonyl (C=O) groups excluding carboxylic acids is 1. The van der Waals surface area contributed by atoms with E-state index in [0.29, 0.717) is 5.92 Å². The molecule has 1 amide bonds. The summed E-state index contributed by atoms with van der Waals surface area (Å²) in [5.41, 5.74) is -0.638. The van der Waals surface area contributed by atoms with Crippen LogP contribution in [0, 0.1) is 17.2 Å². The predicted octanol–water partition coefficient (Wildman–Crippen LogP) is 3.29. The molecule has 1 aromatic heterocycles. The fourth-order valence-electron chi connectivity index (χ4n) is 4.30. The van der Waals surface area contributed by atoms with Crippen molar-refractivity contribution in [3.8, 4) is 6.07 Å². The monoisotopic (exact) mass is 447 g/mol. The molecule has 0 radical (unpaired) electrons. The van der Waals surface area contributed by atoms with Gasteiger partial charge in [-0.1, -0.05) is 6.92 Å². The smallest absolute Gasteiger partial charge is 0.240 e. The molecule has 2 aliphatic rings. The van der Waals surface area contributed by atoms with Crippen LogP contribution >= 0.6 is 15.9 Å². The zero-order valence-electron chi connectivity index (χ0n) is 17.1. The predicted molar refractivity (Wildman–Crippen MR) is 114 cm³/mol. The average molecular weight is 448 g/mol. The average Bonchev–Trinajstić information content (AvgIpc) is 2.74. The van der Waals surface area contributed by atoms with Crippen LogP contribution in [-0.4, -0.2) is 65.5 Å². The fourth-order valence-corrected chi connectivity index (χ4v) is 4.54. The van der Waals surface area contributed by atoms with E-state index in [-0.39, 0.29) is 11.9 Å². The van der Waals surface area contributed by atoms with E-state index < -0.39 is 5.54 Å². The third-order valence-electron chi connectivity index (χ3n) is 6.54. The maximum absolute atomic E-state index is 13.2. The van der Waals surface area contributed by atoms with E-state index in [2.05, 4.69) is 43.7 Å². The first-order valence-corrected chi connectivity index (χ1v) is 10.9. The number of pyridine rings is 1. The molecule has 6 nitrogen and oxygen atoms in total. The third-order valence-corrected chi connectivity index (χ3v) is 7.01. The number of nitriles is 1. The Bertz CT molecular complexity index is 715. The van der Waals surface area contributed by atoms with Gasteiger partial charge >= 0.3 is 0 Å². The fraction of sp³-hybridized carbons (Fsp3) is 0.667. The van der Waals surface area contributed by atoms with Gasteiger partial charge in [-0.2, -0.15) is 5.26 Å². The Labute approximate surface area is 176 Å². The van der Waals surface area contributed by atoms with Crippen LogP contribution in [-0.2, 0) is 4.79 Å². The maximum Gasteiger partial charge on any atom is 0.240 e. The van der Waals surface area contributed by atoms with Crippen molar-refractivity contribution in [3.63, 3.8) is 0 Å². The lowest BCUT2D eigenvalue weighted by Crippen LogP contribution is -2.58. The number of halogens is 1. The quantitative estimate of drug-likeness (QED) is 0.708. The van der Waals surface area contributed by atoms with Crippen molar-refractivity contribution >= 4 is 27.7 Å².